The zero-order valence-corrected chi connectivity index (χ0v) is 22.9. The summed E-state index contributed by atoms with van der Waals surface area (Å²) >= 11 is 0. The van der Waals surface area contributed by atoms with Crippen molar-refractivity contribution in [2.45, 2.75) is 39.0 Å². The molecule has 1 fully saturated rings. The number of benzene rings is 2. The molecule has 39 heavy (non-hydrogen) atoms. The van der Waals surface area contributed by atoms with Crippen LogP contribution in [0.1, 0.15) is 36.9 Å². The van der Waals surface area contributed by atoms with Gasteiger partial charge in [0.2, 0.25) is 11.3 Å². The Hall–Kier alpha value is -3.91. The molecular formula is C31H35N3O5. The van der Waals surface area contributed by atoms with E-state index in [4.69, 9.17) is 13.9 Å². The maximum atomic E-state index is 13.3. The average Bonchev–Trinajstić information content (AvgIpc) is 3.45. The molecule has 0 spiro atoms. The maximum Gasteiger partial charge on any atom is 0.222 e. The van der Waals surface area contributed by atoms with Crippen molar-refractivity contribution in [2.24, 2.45) is 0 Å². The molecule has 0 radical (unpaired) electrons. The molecule has 0 bridgehead atoms. The van der Waals surface area contributed by atoms with Crippen molar-refractivity contribution in [3.8, 4) is 17.2 Å². The molecule has 0 saturated carbocycles. The van der Waals surface area contributed by atoms with Crippen LogP contribution in [0, 0.1) is 6.92 Å². The van der Waals surface area contributed by atoms with E-state index < -0.39 is 0 Å². The Morgan fingerprint density at radius 1 is 1.05 bits per heavy atom. The van der Waals surface area contributed by atoms with Crippen LogP contribution in [0.15, 0.2) is 57.9 Å². The fraction of sp³-hybridized carbons (Fsp3) is 0.387. The van der Waals surface area contributed by atoms with Crippen molar-refractivity contribution in [3.05, 3.63) is 70.1 Å². The van der Waals surface area contributed by atoms with Gasteiger partial charge in [-0.05, 0) is 88.7 Å². The number of fused-ring (bicyclic) bond motifs is 2. The Kier molecular flexibility index (Phi) is 8.12. The SMILES string of the molecule is Cc1cc(OCCN(C)C)c2oc3cc(Oc4ccc(CCCC(=O)N5CCCC5)nc4)ccc3c(=O)c2c1. The second kappa shape index (κ2) is 11.9. The molecule has 5 rings (SSSR count). The first-order valence-corrected chi connectivity index (χ1v) is 13.6. The Morgan fingerprint density at radius 2 is 1.85 bits per heavy atom. The smallest absolute Gasteiger partial charge is 0.222 e. The van der Waals surface area contributed by atoms with Gasteiger partial charge in [-0.2, -0.15) is 0 Å². The first-order chi connectivity index (χ1) is 18.9. The Labute approximate surface area is 228 Å². The number of hydrogen-bond acceptors (Lipinski definition) is 7. The lowest BCUT2D eigenvalue weighted by Crippen LogP contribution is -2.27. The van der Waals surface area contributed by atoms with Crippen molar-refractivity contribution >= 4 is 27.8 Å². The molecule has 1 saturated heterocycles. The highest BCUT2D eigenvalue weighted by Gasteiger charge is 2.17. The number of rotatable bonds is 10. The van der Waals surface area contributed by atoms with E-state index in [-0.39, 0.29) is 11.3 Å². The van der Waals surface area contributed by atoms with Crippen molar-refractivity contribution in [2.75, 3.05) is 40.3 Å². The number of likely N-dealkylation sites (N-methyl/N-ethyl adjacent to an activating group) is 1. The fourth-order valence-electron chi connectivity index (χ4n) is 4.85. The second-order valence-corrected chi connectivity index (χ2v) is 10.4. The predicted molar refractivity (Wildman–Crippen MR) is 152 cm³/mol. The number of aromatic nitrogens is 1. The summed E-state index contributed by atoms with van der Waals surface area (Å²) in [6, 6.07) is 12.7. The van der Waals surface area contributed by atoms with Gasteiger partial charge in [0.25, 0.3) is 0 Å². The highest BCUT2D eigenvalue weighted by molar-refractivity contribution is 5.93. The minimum atomic E-state index is -0.104. The molecule has 0 unspecified atom stereocenters. The van der Waals surface area contributed by atoms with E-state index >= 15 is 0 Å². The molecule has 4 aromatic rings. The summed E-state index contributed by atoms with van der Waals surface area (Å²) in [6.07, 6.45) is 5.98. The van der Waals surface area contributed by atoms with Gasteiger partial charge < -0.3 is 23.7 Å². The fourth-order valence-corrected chi connectivity index (χ4v) is 4.85. The standard InChI is InChI=1S/C31H35N3O5/c1-21-17-26-30(36)25-12-11-23(19-27(25)39-31(26)28(18-21)37-16-15-33(2)3)38-24-10-9-22(32-20-24)7-6-8-29(35)34-13-4-5-14-34/h9-12,17-20H,4-8,13-16H2,1-3H3. The molecule has 2 aromatic carbocycles. The third-order valence-corrected chi connectivity index (χ3v) is 6.97. The number of pyridine rings is 1. The van der Waals surface area contributed by atoms with E-state index in [0.29, 0.717) is 52.2 Å². The van der Waals surface area contributed by atoms with Gasteiger partial charge in [-0.15, -0.1) is 0 Å². The van der Waals surface area contributed by atoms with Gasteiger partial charge in [0.15, 0.2) is 11.3 Å². The first kappa shape index (κ1) is 26.7. The number of hydrogen-bond donors (Lipinski definition) is 0. The van der Waals surface area contributed by atoms with Gasteiger partial charge >= 0.3 is 0 Å². The summed E-state index contributed by atoms with van der Waals surface area (Å²) in [5.74, 6) is 1.92. The van der Waals surface area contributed by atoms with Crippen LogP contribution < -0.4 is 14.9 Å². The Morgan fingerprint density at radius 3 is 2.59 bits per heavy atom. The minimum Gasteiger partial charge on any atom is -0.488 e. The lowest BCUT2D eigenvalue weighted by atomic mass is 10.1. The zero-order chi connectivity index (χ0) is 27.4. The summed E-state index contributed by atoms with van der Waals surface area (Å²) in [5, 5.41) is 0.981. The highest BCUT2D eigenvalue weighted by Crippen LogP contribution is 2.31. The molecular weight excluding hydrogens is 494 g/mol. The highest BCUT2D eigenvalue weighted by atomic mass is 16.5. The number of ether oxygens (including phenoxy) is 2. The summed E-state index contributed by atoms with van der Waals surface area (Å²) in [7, 11) is 3.96. The van der Waals surface area contributed by atoms with Crippen molar-refractivity contribution in [3.63, 3.8) is 0 Å². The molecule has 1 amide bonds. The number of carbonyl (C=O) groups excluding carboxylic acids is 1. The topological polar surface area (TPSA) is 85.1 Å². The summed E-state index contributed by atoms with van der Waals surface area (Å²) < 4.78 is 18.2. The summed E-state index contributed by atoms with van der Waals surface area (Å²) in [4.78, 5) is 34.0. The summed E-state index contributed by atoms with van der Waals surface area (Å²) in [5.41, 5.74) is 2.61. The molecule has 204 valence electrons. The monoisotopic (exact) mass is 529 g/mol. The molecule has 0 N–H and O–H groups in total. The summed E-state index contributed by atoms with van der Waals surface area (Å²) in [6.45, 7) is 4.95. The van der Waals surface area contributed by atoms with E-state index in [0.717, 1.165) is 56.6 Å². The molecule has 1 aliphatic rings. The van der Waals surface area contributed by atoms with Crippen LogP contribution in [0.4, 0.5) is 0 Å². The van der Waals surface area contributed by atoms with Crippen LogP contribution in [0.2, 0.25) is 0 Å². The van der Waals surface area contributed by atoms with Crippen LogP contribution in [0.5, 0.6) is 17.2 Å². The number of nitrogens with zero attached hydrogens (tertiary/aromatic N) is 3. The van der Waals surface area contributed by atoms with Gasteiger partial charge in [0.05, 0.1) is 17.0 Å². The average molecular weight is 530 g/mol. The number of likely N-dealkylation sites (tertiary alicyclic amines) is 1. The van der Waals surface area contributed by atoms with Gasteiger partial charge in [-0.25, -0.2) is 0 Å². The number of carbonyl (C=O) groups is 1. The van der Waals surface area contributed by atoms with Gasteiger partial charge in [0.1, 0.15) is 23.7 Å². The Balaban J connectivity index is 1.29. The molecule has 0 aliphatic carbocycles. The number of aryl methyl sites for hydroxylation is 2. The van der Waals surface area contributed by atoms with Gasteiger partial charge in [-0.1, -0.05) is 0 Å². The van der Waals surface area contributed by atoms with Crippen molar-refractivity contribution < 1.29 is 18.7 Å². The lowest BCUT2D eigenvalue weighted by Gasteiger charge is -2.14. The van der Waals surface area contributed by atoms with Crippen molar-refractivity contribution in [1.82, 2.24) is 14.8 Å². The minimum absolute atomic E-state index is 0.104. The molecule has 3 heterocycles. The zero-order valence-electron chi connectivity index (χ0n) is 22.9. The molecule has 2 aromatic heterocycles. The van der Waals surface area contributed by atoms with E-state index in [9.17, 15) is 9.59 Å². The van der Waals surface area contributed by atoms with Gasteiger partial charge in [0, 0.05) is 37.8 Å². The van der Waals surface area contributed by atoms with Crippen LogP contribution in [-0.2, 0) is 11.2 Å². The Bertz CT molecular complexity index is 1520. The predicted octanol–water partition coefficient (Wildman–Crippen LogP) is 5.33. The largest absolute Gasteiger partial charge is 0.488 e. The first-order valence-electron chi connectivity index (χ1n) is 13.6. The maximum absolute atomic E-state index is 13.3. The van der Waals surface area contributed by atoms with E-state index in [1.54, 1.807) is 24.4 Å². The van der Waals surface area contributed by atoms with Crippen LogP contribution >= 0.6 is 0 Å². The van der Waals surface area contributed by atoms with Crippen molar-refractivity contribution in [1.29, 1.82) is 0 Å². The van der Waals surface area contributed by atoms with Crippen LogP contribution in [0.3, 0.4) is 0 Å². The third-order valence-electron chi connectivity index (χ3n) is 6.97. The second-order valence-electron chi connectivity index (χ2n) is 10.4. The molecule has 8 nitrogen and oxygen atoms in total. The van der Waals surface area contributed by atoms with E-state index in [2.05, 4.69) is 4.98 Å². The van der Waals surface area contributed by atoms with Crippen LogP contribution in [0.25, 0.3) is 21.9 Å². The molecule has 8 heteroatoms. The van der Waals surface area contributed by atoms with Gasteiger partial charge in [-0.3, -0.25) is 14.6 Å². The normalized spacial score (nSPS) is 13.5. The van der Waals surface area contributed by atoms with Crippen LogP contribution in [-0.4, -0.2) is 61.0 Å². The quantitative estimate of drug-likeness (QED) is 0.257. The third kappa shape index (κ3) is 6.40. The molecule has 1 aliphatic heterocycles. The van der Waals surface area contributed by atoms with E-state index in [1.165, 1.54) is 0 Å². The lowest BCUT2D eigenvalue weighted by molar-refractivity contribution is -0.130. The number of amides is 1. The van der Waals surface area contributed by atoms with E-state index in [1.807, 2.05) is 55.1 Å². The molecule has 0 atom stereocenters.